The predicted octanol–water partition coefficient (Wildman–Crippen LogP) is 2.85. The molecule has 1 aliphatic rings. The summed E-state index contributed by atoms with van der Waals surface area (Å²) < 4.78 is 0. The number of nitrogens with zero attached hydrogens (tertiary/aromatic N) is 2. The van der Waals surface area contributed by atoms with Crippen molar-refractivity contribution in [3.8, 4) is 0 Å². The Hall–Kier alpha value is -1.92. The minimum Gasteiger partial charge on any atom is -0.338 e. The van der Waals surface area contributed by atoms with Crippen LogP contribution in [0.15, 0.2) is 41.2 Å². The minimum absolute atomic E-state index is 0.108. The lowest BCUT2D eigenvalue weighted by molar-refractivity contribution is 0.165. The molecule has 2 aromatic rings. The van der Waals surface area contributed by atoms with E-state index in [-0.39, 0.29) is 6.03 Å². The average molecular weight is 344 g/mol. The second kappa shape index (κ2) is 8.80. The maximum atomic E-state index is 11.9. The standard InChI is InChI=1S/C18H24N4OS/c23-18(20-10-17-13-24-14-21-17)19-9-16-7-4-8-22(12-16)11-15-5-2-1-3-6-15/h1-3,5-6,13-14,16H,4,7-12H2,(H2,19,20,23). The zero-order chi connectivity index (χ0) is 16.6. The van der Waals surface area contributed by atoms with Crippen molar-refractivity contribution in [3.05, 3.63) is 52.5 Å². The second-order valence-corrected chi connectivity index (χ2v) is 6.99. The zero-order valence-electron chi connectivity index (χ0n) is 13.8. The first-order valence-electron chi connectivity index (χ1n) is 8.44. The average Bonchev–Trinajstić information content (AvgIpc) is 3.13. The van der Waals surface area contributed by atoms with E-state index in [1.54, 1.807) is 5.51 Å². The summed E-state index contributed by atoms with van der Waals surface area (Å²) in [7, 11) is 0. The number of likely N-dealkylation sites (tertiary alicyclic amines) is 1. The lowest BCUT2D eigenvalue weighted by Crippen LogP contribution is -2.43. The third-order valence-electron chi connectivity index (χ3n) is 4.32. The Kier molecular flexibility index (Phi) is 6.20. The highest BCUT2D eigenvalue weighted by Gasteiger charge is 2.20. The van der Waals surface area contributed by atoms with Crippen molar-refractivity contribution in [2.24, 2.45) is 5.92 Å². The largest absolute Gasteiger partial charge is 0.338 e. The summed E-state index contributed by atoms with van der Waals surface area (Å²) in [6, 6.07) is 10.5. The summed E-state index contributed by atoms with van der Waals surface area (Å²) in [6.45, 7) is 4.39. The molecule has 2 amide bonds. The van der Waals surface area contributed by atoms with E-state index in [1.807, 2.05) is 5.38 Å². The van der Waals surface area contributed by atoms with Gasteiger partial charge >= 0.3 is 6.03 Å². The number of piperidine rings is 1. The van der Waals surface area contributed by atoms with Gasteiger partial charge in [-0.15, -0.1) is 11.3 Å². The second-order valence-electron chi connectivity index (χ2n) is 6.27. The van der Waals surface area contributed by atoms with E-state index in [2.05, 4.69) is 50.8 Å². The quantitative estimate of drug-likeness (QED) is 0.847. The van der Waals surface area contributed by atoms with Gasteiger partial charge in [0.1, 0.15) is 0 Å². The van der Waals surface area contributed by atoms with Gasteiger partial charge in [0.25, 0.3) is 0 Å². The van der Waals surface area contributed by atoms with Crippen molar-refractivity contribution in [1.82, 2.24) is 20.5 Å². The van der Waals surface area contributed by atoms with Crippen molar-refractivity contribution in [3.63, 3.8) is 0 Å². The van der Waals surface area contributed by atoms with Crippen molar-refractivity contribution >= 4 is 17.4 Å². The molecule has 1 unspecified atom stereocenters. The van der Waals surface area contributed by atoms with Gasteiger partial charge in [0.15, 0.2) is 0 Å². The summed E-state index contributed by atoms with van der Waals surface area (Å²) in [5, 5.41) is 7.80. The maximum absolute atomic E-state index is 11.9. The lowest BCUT2D eigenvalue weighted by atomic mass is 9.97. The van der Waals surface area contributed by atoms with Crippen LogP contribution >= 0.6 is 11.3 Å². The molecule has 0 aliphatic carbocycles. The molecule has 0 spiro atoms. The summed E-state index contributed by atoms with van der Waals surface area (Å²) in [4.78, 5) is 18.5. The van der Waals surface area contributed by atoms with Crippen LogP contribution in [0.25, 0.3) is 0 Å². The molecule has 0 bridgehead atoms. The van der Waals surface area contributed by atoms with Crippen molar-refractivity contribution in [2.45, 2.75) is 25.9 Å². The molecule has 0 radical (unpaired) electrons. The predicted molar refractivity (Wildman–Crippen MR) is 96.8 cm³/mol. The van der Waals surface area contributed by atoms with Gasteiger partial charge in [0.05, 0.1) is 17.7 Å². The van der Waals surface area contributed by atoms with E-state index in [0.717, 1.165) is 31.9 Å². The lowest BCUT2D eigenvalue weighted by Gasteiger charge is -2.32. The summed E-state index contributed by atoms with van der Waals surface area (Å²) in [5.74, 6) is 0.521. The highest BCUT2D eigenvalue weighted by atomic mass is 32.1. The van der Waals surface area contributed by atoms with Crippen molar-refractivity contribution in [2.75, 3.05) is 19.6 Å². The van der Waals surface area contributed by atoms with Crippen LogP contribution < -0.4 is 10.6 Å². The number of hydrogen-bond donors (Lipinski definition) is 2. The summed E-state index contributed by atoms with van der Waals surface area (Å²) in [6.07, 6.45) is 2.37. The highest BCUT2D eigenvalue weighted by Crippen LogP contribution is 2.18. The molecule has 5 nitrogen and oxygen atoms in total. The Labute approximate surface area is 147 Å². The van der Waals surface area contributed by atoms with Crippen LogP contribution in [0.5, 0.6) is 0 Å². The van der Waals surface area contributed by atoms with E-state index in [4.69, 9.17) is 0 Å². The topological polar surface area (TPSA) is 57.3 Å². The number of urea groups is 1. The molecular weight excluding hydrogens is 320 g/mol. The molecular formula is C18H24N4OS. The molecule has 3 rings (SSSR count). The fraction of sp³-hybridized carbons (Fsp3) is 0.444. The number of aromatic nitrogens is 1. The molecule has 0 saturated carbocycles. The van der Waals surface area contributed by atoms with Crippen molar-refractivity contribution < 1.29 is 4.79 Å². The van der Waals surface area contributed by atoms with Gasteiger partial charge in [-0.2, -0.15) is 0 Å². The van der Waals surface area contributed by atoms with Crippen molar-refractivity contribution in [1.29, 1.82) is 0 Å². The third-order valence-corrected chi connectivity index (χ3v) is 4.95. The summed E-state index contributed by atoms with van der Waals surface area (Å²) >= 11 is 1.54. The van der Waals surface area contributed by atoms with Gasteiger partial charge < -0.3 is 10.6 Å². The summed E-state index contributed by atoms with van der Waals surface area (Å²) in [5.41, 5.74) is 4.03. The van der Waals surface area contributed by atoms with Crippen LogP contribution in [0.2, 0.25) is 0 Å². The molecule has 1 atom stereocenters. The van der Waals surface area contributed by atoms with E-state index in [9.17, 15) is 4.79 Å². The number of carbonyl (C=O) groups is 1. The van der Waals surface area contributed by atoms with Crippen LogP contribution in [0.4, 0.5) is 4.79 Å². The first-order valence-corrected chi connectivity index (χ1v) is 9.39. The van der Waals surface area contributed by atoms with Gasteiger partial charge in [-0.1, -0.05) is 30.3 Å². The molecule has 1 aliphatic heterocycles. The Bertz CT molecular complexity index is 617. The normalized spacial score (nSPS) is 18.2. The number of nitrogens with one attached hydrogen (secondary N) is 2. The zero-order valence-corrected chi connectivity index (χ0v) is 14.6. The number of amides is 2. The number of rotatable bonds is 6. The van der Waals surface area contributed by atoms with Gasteiger partial charge in [-0.25, -0.2) is 9.78 Å². The highest BCUT2D eigenvalue weighted by molar-refractivity contribution is 7.07. The molecule has 2 N–H and O–H groups in total. The van der Waals surface area contributed by atoms with E-state index >= 15 is 0 Å². The first kappa shape index (κ1) is 16.9. The smallest absolute Gasteiger partial charge is 0.315 e. The SMILES string of the molecule is O=C(NCc1cscn1)NCC1CCCN(Cc2ccccc2)C1. The molecule has 1 aromatic carbocycles. The van der Waals surface area contributed by atoms with Crippen LogP contribution in [0, 0.1) is 5.92 Å². The van der Waals surface area contributed by atoms with Gasteiger partial charge in [0.2, 0.25) is 0 Å². The Morgan fingerprint density at radius 2 is 2.17 bits per heavy atom. The maximum Gasteiger partial charge on any atom is 0.315 e. The van der Waals surface area contributed by atoms with E-state index in [1.165, 1.54) is 29.7 Å². The van der Waals surface area contributed by atoms with Crippen LogP contribution in [0.1, 0.15) is 24.1 Å². The molecule has 1 aromatic heterocycles. The fourth-order valence-electron chi connectivity index (χ4n) is 3.10. The first-order chi connectivity index (χ1) is 11.8. The Morgan fingerprint density at radius 1 is 1.29 bits per heavy atom. The number of benzene rings is 1. The third kappa shape index (κ3) is 5.32. The molecule has 128 valence electrons. The Balaban J connectivity index is 1.38. The molecule has 6 heteroatoms. The van der Waals surface area contributed by atoms with Gasteiger partial charge in [-0.05, 0) is 30.9 Å². The minimum atomic E-state index is -0.108. The molecule has 1 fully saturated rings. The van der Waals surface area contributed by atoms with E-state index in [0.29, 0.717) is 12.5 Å². The van der Waals surface area contributed by atoms with Crippen LogP contribution in [-0.4, -0.2) is 35.5 Å². The molecule has 24 heavy (non-hydrogen) atoms. The number of thiazole rings is 1. The van der Waals surface area contributed by atoms with Crippen LogP contribution in [0.3, 0.4) is 0 Å². The van der Waals surface area contributed by atoms with Gasteiger partial charge in [-0.3, -0.25) is 4.90 Å². The van der Waals surface area contributed by atoms with Crippen LogP contribution in [-0.2, 0) is 13.1 Å². The number of carbonyl (C=O) groups excluding carboxylic acids is 1. The fourth-order valence-corrected chi connectivity index (χ4v) is 3.66. The molecule has 1 saturated heterocycles. The monoisotopic (exact) mass is 344 g/mol. The van der Waals surface area contributed by atoms with E-state index < -0.39 is 0 Å². The Morgan fingerprint density at radius 3 is 2.96 bits per heavy atom. The van der Waals surface area contributed by atoms with Gasteiger partial charge in [0, 0.05) is 25.0 Å². The molecule has 2 heterocycles. The number of hydrogen-bond acceptors (Lipinski definition) is 4.